The summed E-state index contributed by atoms with van der Waals surface area (Å²) in [6.07, 6.45) is 0. The van der Waals surface area contributed by atoms with Crippen LogP contribution in [0.1, 0.15) is 32.0 Å². The second kappa shape index (κ2) is 5.77. The Kier molecular flexibility index (Phi) is 4.23. The van der Waals surface area contributed by atoms with Crippen molar-refractivity contribution in [2.75, 3.05) is 0 Å². The molecule has 0 aliphatic heterocycles. The van der Waals surface area contributed by atoms with E-state index in [1.165, 1.54) is 6.07 Å². The van der Waals surface area contributed by atoms with Crippen molar-refractivity contribution in [3.63, 3.8) is 0 Å². The topological polar surface area (TPSA) is 42.4 Å². The zero-order chi connectivity index (χ0) is 15.6. The number of benzene rings is 1. The molecule has 0 amide bonds. The van der Waals surface area contributed by atoms with Gasteiger partial charge in [-0.2, -0.15) is 0 Å². The minimum absolute atomic E-state index is 0.121. The van der Waals surface area contributed by atoms with E-state index >= 15 is 0 Å². The molecule has 1 aromatic carbocycles. The Morgan fingerprint density at radius 1 is 1.14 bits per heavy atom. The van der Waals surface area contributed by atoms with Gasteiger partial charge in [0.25, 0.3) is 0 Å². The molecule has 1 heterocycles. The average Bonchev–Trinajstić information content (AvgIpc) is 2.41. The van der Waals surface area contributed by atoms with Crippen molar-refractivity contribution in [1.82, 2.24) is 4.98 Å². The molecule has 0 fully saturated rings. The highest BCUT2D eigenvalue weighted by molar-refractivity contribution is 5.33. The van der Waals surface area contributed by atoms with Gasteiger partial charge in [0.1, 0.15) is 5.82 Å². The number of rotatable bonds is 3. The molecule has 5 heteroatoms. The highest BCUT2D eigenvalue weighted by Crippen LogP contribution is 2.28. The number of nitrogens with zero attached hydrogens (tertiary/aromatic N) is 1. The highest BCUT2D eigenvalue weighted by Gasteiger charge is 2.18. The number of aliphatic hydroxyl groups is 1. The quantitative estimate of drug-likeness (QED) is 0.932. The second-order valence-corrected chi connectivity index (χ2v) is 5.78. The molecule has 0 saturated carbocycles. The third kappa shape index (κ3) is 3.76. The van der Waals surface area contributed by atoms with Crippen LogP contribution in [0.2, 0.25) is 0 Å². The molecule has 1 aromatic heterocycles. The van der Waals surface area contributed by atoms with E-state index in [1.54, 1.807) is 6.07 Å². The first kappa shape index (κ1) is 15.4. The van der Waals surface area contributed by atoms with Gasteiger partial charge in [0.2, 0.25) is 5.88 Å². The van der Waals surface area contributed by atoms with E-state index in [9.17, 15) is 13.9 Å². The molecule has 0 saturated heterocycles. The molecule has 0 spiro atoms. The zero-order valence-electron chi connectivity index (χ0n) is 12.2. The molecular formula is C16H17F2NO2. The number of aliphatic hydroxyl groups excluding tert-OH is 1. The number of aromatic nitrogens is 1. The predicted molar refractivity (Wildman–Crippen MR) is 75.3 cm³/mol. The van der Waals surface area contributed by atoms with Crippen LogP contribution in [0.25, 0.3) is 0 Å². The van der Waals surface area contributed by atoms with E-state index < -0.39 is 11.6 Å². The predicted octanol–water partition coefficient (Wildman–Crippen LogP) is 3.94. The van der Waals surface area contributed by atoms with Crippen LogP contribution in [0, 0.1) is 11.6 Å². The summed E-state index contributed by atoms with van der Waals surface area (Å²) in [5.41, 5.74) is 1.03. The second-order valence-electron chi connectivity index (χ2n) is 5.78. The van der Waals surface area contributed by atoms with Gasteiger partial charge in [0, 0.05) is 17.5 Å². The maximum Gasteiger partial charge on any atom is 0.219 e. The van der Waals surface area contributed by atoms with Crippen molar-refractivity contribution in [2.24, 2.45) is 0 Å². The van der Waals surface area contributed by atoms with Crippen LogP contribution < -0.4 is 4.74 Å². The molecule has 2 rings (SSSR count). The standard InChI is InChI=1S/C16H17F2NO2/c1-16(2,3)14-6-10(9-20)7-15(19-14)21-13-8-11(17)4-5-12(13)18/h4-8,20H,9H2,1-3H3. The van der Waals surface area contributed by atoms with Gasteiger partial charge < -0.3 is 9.84 Å². The summed E-state index contributed by atoms with van der Waals surface area (Å²) in [5, 5.41) is 9.30. The number of hydrogen-bond donors (Lipinski definition) is 1. The lowest BCUT2D eigenvalue weighted by Crippen LogP contribution is -2.14. The Hall–Kier alpha value is -2.01. The van der Waals surface area contributed by atoms with Gasteiger partial charge in [-0.25, -0.2) is 13.8 Å². The van der Waals surface area contributed by atoms with E-state index in [4.69, 9.17) is 4.74 Å². The Bertz CT molecular complexity index is 651. The third-order valence-electron chi connectivity index (χ3n) is 2.92. The molecule has 2 aromatic rings. The SMILES string of the molecule is CC(C)(C)c1cc(CO)cc(Oc2cc(F)ccc2F)n1. The number of halogens is 2. The van der Waals surface area contributed by atoms with Crippen molar-refractivity contribution >= 4 is 0 Å². The van der Waals surface area contributed by atoms with Crippen molar-refractivity contribution in [1.29, 1.82) is 0 Å². The first-order chi connectivity index (χ1) is 9.79. The van der Waals surface area contributed by atoms with Crippen molar-refractivity contribution in [3.05, 3.63) is 53.2 Å². The summed E-state index contributed by atoms with van der Waals surface area (Å²) < 4.78 is 32.1. The molecule has 1 N–H and O–H groups in total. The number of hydrogen-bond acceptors (Lipinski definition) is 3. The van der Waals surface area contributed by atoms with Gasteiger partial charge in [0.05, 0.1) is 12.3 Å². The largest absolute Gasteiger partial charge is 0.436 e. The van der Waals surface area contributed by atoms with Crippen LogP contribution in [-0.2, 0) is 12.0 Å². The van der Waals surface area contributed by atoms with Crippen molar-refractivity contribution in [2.45, 2.75) is 32.8 Å². The summed E-state index contributed by atoms with van der Waals surface area (Å²) in [5.74, 6) is -1.39. The molecule has 0 aliphatic rings. The monoisotopic (exact) mass is 293 g/mol. The maximum atomic E-state index is 13.6. The third-order valence-corrected chi connectivity index (χ3v) is 2.92. The van der Waals surface area contributed by atoms with Gasteiger partial charge in [-0.05, 0) is 23.8 Å². The van der Waals surface area contributed by atoms with Crippen LogP contribution in [0.4, 0.5) is 8.78 Å². The Labute approximate surface area is 122 Å². The Morgan fingerprint density at radius 2 is 1.86 bits per heavy atom. The smallest absolute Gasteiger partial charge is 0.219 e. The molecule has 0 aliphatic carbocycles. The van der Waals surface area contributed by atoms with E-state index in [0.29, 0.717) is 11.3 Å². The molecule has 0 atom stereocenters. The van der Waals surface area contributed by atoms with Crippen LogP contribution in [-0.4, -0.2) is 10.1 Å². The van der Waals surface area contributed by atoms with E-state index in [-0.39, 0.29) is 23.7 Å². The maximum absolute atomic E-state index is 13.6. The lowest BCUT2D eigenvalue weighted by atomic mass is 9.91. The highest BCUT2D eigenvalue weighted by atomic mass is 19.1. The van der Waals surface area contributed by atoms with Crippen molar-refractivity contribution < 1.29 is 18.6 Å². The van der Waals surface area contributed by atoms with Crippen LogP contribution in [0.15, 0.2) is 30.3 Å². The van der Waals surface area contributed by atoms with Gasteiger partial charge in [0.15, 0.2) is 11.6 Å². The summed E-state index contributed by atoms with van der Waals surface area (Å²) in [7, 11) is 0. The van der Waals surface area contributed by atoms with E-state index in [0.717, 1.165) is 18.2 Å². The fraction of sp³-hybridized carbons (Fsp3) is 0.312. The molecule has 0 unspecified atom stereocenters. The van der Waals surface area contributed by atoms with Gasteiger partial charge in [-0.1, -0.05) is 20.8 Å². The molecule has 0 bridgehead atoms. The Balaban J connectivity index is 2.42. The van der Waals surface area contributed by atoms with E-state index in [1.807, 2.05) is 20.8 Å². The van der Waals surface area contributed by atoms with Crippen LogP contribution in [0.3, 0.4) is 0 Å². The molecule has 112 valence electrons. The van der Waals surface area contributed by atoms with Gasteiger partial charge in [-0.15, -0.1) is 0 Å². The molecule has 21 heavy (non-hydrogen) atoms. The Morgan fingerprint density at radius 3 is 2.48 bits per heavy atom. The summed E-state index contributed by atoms with van der Waals surface area (Å²) in [6.45, 7) is 5.70. The minimum atomic E-state index is -0.676. The fourth-order valence-electron chi connectivity index (χ4n) is 1.75. The molecular weight excluding hydrogens is 276 g/mol. The summed E-state index contributed by atoms with van der Waals surface area (Å²) >= 11 is 0. The first-order valence-corrected chi connectivity index (χ1v) is 6.55. The summed E-state index contributed by atoms with van der Waals surface area (Å²) in [4.78, 5) is 4.30. The van der Waals surface area contributed by atoms with Crippen LogP contribution >= 0.6 is 0 Å². The van der Waals surface area contributed by atoms with Crippen LogP contribution in [0.5, 0.6) is 11.6 Å². The number of pyridine rings is 1. The van der Waals surface area contributed by atoms with Crippen molar-refractivity contribution in [3.8, 4) is 11.6 Å². The fourth-order valence-corrected chi connectivity index (χ4v) is 1.75. The van der Waals surface area contributed by atoms with E-state index in [2.05, 4.69) is 4.98 Å². The number of ether oxygens (including phenoxy) is 1. The first-order valence-electron chi connectivity index (χ1n) is 6.55. The van der Waals surface area contributed by atoms with Gasteiger partial charge >= 0.3 is 0 Å². The summed E-state index contributed by atoms with van der Waals surface area (Å²) in [6, 6.07) is 6.22. The molecule has 0 radical (unpaired) electrons. The van der Waals surface area contributed by atoms with Gasteiger partial charge in [-0.3, -0.25) is 0 Å². The zero-order valence-corrected chi connectivity index (χ0v) is 12.2. The average molecular weight is 293 g/mol. The lowest BCUT2D eigenvalue weighted by molar-refractivity contribution is 0.280. The minimum Gasteiger partial charge on any atom is -0.436 e. The molecule has 3 nitrogen and oxygen atoms in total. The lowest BCUT2D eigenvalue weighted by Gasteiger charge is -2.19. The normalized spacial score (nSPS) is 11.5.